The van der Waals surface area contributed by atoms with Crippen LogP contribution in [0.1, 0.15) is 42.9 Å². The van der Waals surface area contributed by atoms with Gasteiger partial charge in [-0.2, -0.15) is 0 Å². The molecule has 0 spiro atoms. The molecule has 2 N–H and O–H groups in total. The molecular formula is C15H20O4. The molecule has 0 aromatic heterocycles. The molecule has 0 aliphatic carbocycles. The van der Waals surface area contributed by atoms with Crippen molar-refractivity contribution in [2.24, 2.45) is 5.92 Å². The van der Waals surface area contributed by atoms with Crippen molar-refractivity contribution in [1.82, 2.24) is 0 Å². The first kappa shape index (κ1) is 14.0. The Balaban J connectivity index is 2.15. The number of aliphatic hydroxyl groups excluding tert-OH is 1. The largest absolute Gasteiger partial charge is 0.481 e. The van der Waals surface area contributed by atoms with Crippen molar-refractivity contribution in [3.8, 4) is 0 Å². The van der Waals surface area contributed by atoms with Gasteiger partial charge in [0.15, 0.2) is 0 Å². The third-order valence-corrected chi connectivity index (χ3v) is 3.84. The Bertz CT molecular complexity index is 438. The van der Waals surface area contributed by atoms with Gasteiger partial charge in [0, 0.05) is 13.2 Å². The highest BCUT2D eigenvalue weighted by atomic mass is 16.5. The van der Waals surface area contributed by atoms with Crippen molar-refractivity contribution in [2.45, 2.75) is 31.8 Å². The fourth-order valence-electron chi connectivity index (χ4n) is 2.46. The SMILES string of the molecule is CC(C(=O)O)c1cccc(C(O)C2CCOCC2)c1. The lowest BCUT2D eigenvalue weighted by Gasteiger charge is -2.27. The van der Waals surface area contributed by atoms with Crippen LogP contribution in [-0.2, 0) is 9.53 Å². The van der Waals surface area contributed by atoms with E-state index in [1.807, 2.05) is 12.1 Å². The molecule has 1 saturated heterocycles. The average Bonchev–Trinajstić information content (AvgIpc) is 2.46. The molecule has 1 fully saturated rings. The van der Waals surface area contributed by atoms with Crippen LogP contribution in [-0.4, -0.2) is 29.4 Å². The number of carboxylic acids is 1. The van der Waals surface area contributed by atoms with Crippen LogP contribution in [0.5, 0.6) is 0 Å². The molecule has 1 heterocycles. The van der Waals surface area contributed by atoms with Gasteiger partial charge in [0.05, 0.1) is 12.0 Å². The molecule has 0 radical (unpaired) electrons. The molecule has 104 valence electrons. The van der Waals surface area contributed by atoms with Crippen molar-refractivity contribution in [3.63, 3.8) is 0 Å². The standard InChI is InChI=1S/C15H20O4/c1-10(15(17)18)12-3-2-4-13(9-12)14(16)11-5-7-19-8-6-11/h2-4,9-11,14,16H,5-8H2,1H3,(H,17,18). The number of ether oxygens (including phenoxy) is 1. The average molecular weight is 264 g/mol. The van der Waals surface area contributed by atoms with E-state index >= 15 is 0 Å². The minimum absolute atomic E-state index is 0.198. The van der Waals surface area contributed by atoms with Crippen LogP contribution in [0.4, 0.5) is 0 Å². The molecule has 0 amide bonds. The van der Waals surface area contributed by atoms with Gasteiger partial charge in [-0.05, 0) is 36.8 Å². The summed E-state index contributed by atoms with van der Waals surface area (Å²) in [6, 6.07) is 7.27. The van der Waals surface area contributed by atoms with Crippen LogP contribution in [0.15, 0.2) is 24.3 Å². The zero-order chi connectivity index (χ0) is 13.8. The predicted octanol–water partition coefficient (Wildman–Crippen LogP) is 2.33. The van der Waals surface area contributed by atoms with E-state index in [1.54, 1.807) is 19.1 Å². The van der Waals surface area contributed by atoms with Crippen molar-refractivity contribution < 1.29 is 19.7 Å². The van der Waals surface area contributed by atoms with E-state index in [0.29, 0.717) is 13.2 Å². The Kier molecular flexibility index (Phi) is 4.56. The lowest BCUT2D eigenvalue weighted by Crippen LogP contribution is -2.22. The van der Waals surface area contributed by atoms with Crippen molar-refractivity contribution in [3.05, 3.63) is 35.4 Å². The van der Waals surface area contributed by atoms with Crippen molar-refractivity contribution in [2.75, 3.05) is 13.2 Å². The van der Waals surface area contributed by atoms with Crippen LogP contribution in [0, 0.1) is 5.92 Å². The summed E-state index contributed by atoms with van der Waals surface area (Å²) in [6.45, 7) is 3.03. The molecule has 2 rings (SSSR count). The highest BCUT2D eigenvalue weighted by Crippen LogP contribution is 2.31. The number of hydrogen-bond donors (Lipinski definition) is 2. The summed E-state index contributed by atoms with van der Waals surface area (Å²) in [7, 11) is 0. The first-order chi connectivity index (χ1) is 9.09. The van der Waals surface area contributed by atoms with Gasteiger partial charge in [0.25, 0.3) is 0 Å². The topological polar surface area (TPSA) is 66.8 Å². The van der Waals surface area contributed by atoms with Crippen molar-refractivity contribution >= 4 is 5.97 Å². The molecule has 0 saturated carbocycles. The Hall–Kier alpha value is -1.39. The van der Waals surface area contributed by atoms with Crippen LogP contribution < -0.4 is 0 Å². The van der Waals surface area contributed by atoms with E-state index in [-0.39, 0.29) is 5.92 Å². The summed E-state index contributed by atoms with van der Waals surface area (Å²) in [5, 5.41) is 19.4. The fraction of sp³-hybridized carbons (Fsp3) is 0.533. The number of carboxylic acid groups (broad SMARTS) is 1. The maximum absolute atomic E-state index is 11.0. The second-order valence-corrected chi connectivity index (χ2v) is 5.12. The van der Waals surface area contributed by atoms with Crippen LogP contribution >= 0.6 is 0 Å². The van der Waals surface area contributed by atoms with Gasteiger partial charge in [-0.25, -0.2) is 0 Å². The summed E-state index contributed by atoms with van der Waals surface area (Å²) in [5.41, 5.74) is 1.54. The number of hydrogen-bond acceptors (Lipinski definition) is 3. The van der Waals surface area contributed by atoms with E-state index in [1.165, 1.54) is 0 Å². The Morgan fingerprint density at radius 2 is 1.95 bits per heavy atom. The van der Waals surface area contributed by atoms with Gasteiger partial charge in [-0.1, -0.05) is 24.3 Å². The number of aliphatic carboxylic acids is 1. The van der Waals surface area contributed by atoms with Gasteiger partial charge in [0.2, 0.25) is 0 Å². The zero-order valence-corrected chi connectivity index (χ0v) is 11.1. The highest BCUT2D eigenvalue weighted by molar-refractivity contribution is 5.75. The third-order valence-electron chi connectivity index (χ3n) is 3.84. The maximum atomic E-state index is 11.0. The molecule has 4 heteroatoms. The minimum atomic E-state index is -0.849. The molecule has 0 bridgehead atoms. The first-order valence-corrected chi connectivity index (χ1v) is 6.68. The molecule has 4 nitrogen and oxygen atoms in total. The lowest BCUT2D eigenvalue weighted by atomic mass is 9.87. The lowest BCUT2D eigenvalue weighted by molar-refractivity contribution is -0.138. The van der Waals surface area contributed by atoms with E-state index in [2.05, 4.69) is 0 Å². The van der Waals surface area contributed by atoms with Crippen molar-refractivity contribution in [1.29, 1.82) is 0 Å². The minimum Gasteiger partial charge on any atom is -0.481 e. The first-order valence-electron chi connectivity index (χ1n) is 6.68. The highest BCUT2D eigenvalue weighted by Gasteiger charge is 2.24. The predicted molar refractivity (Wildman–Crippen MR) is 71.0 cm³/mol. The smallest absolute Gasteiger partial charge is 0.310 e. The molecular weight excluding hydrogens is 244 g/mol. The molecule has 1 aromatic carbocycles. The maximum Gasteiger partial charge on any atom is 0.310 e. The third kappa shape index (κ3) is 3.33. The number of benzene rings is 1. The summed E-state index contributed by atoms with van der Waals surface area (Å²) >= 11 is 0. The van der Waals surface area contributed by atoms with Gasteiger partial charge in [0.1, 0.15) is 0 Å². The van der Waals surface area contributed by atoms with Gasteiger partial charge < -0.3 is 14.9 Å². The van der Waals surface area contributed by atoms with Crippen LogP contribution in [0.2, 0.25) is 0 Å². The zero-order valence-electron chi connectivity index (χ0n) is 11.1. The van der Waals surface area contributed by atoms with E-state index in [0.717, 1.165) is 24.0 Å². The second kappa shape index (κ2) is 6.17. The molecule has 1 aliphatic heterocycles. The summed E-state index contributed by atoms with van der Waals surface area (Å²) < 4.78 is 5.29. The molecule has 2 atom stereocenters. The van der Waals surface area contributed by atoms with Crippen LogP contribution in [0.3, 0.4) is 0 Å². The van der Waals surface area contributed by atoms with E-state index in [9.17, 15) is 9.90 Å². The van der Waals surface area contributed by atoms with Crippen LogP contribution in [0.25, 0.3) is 0 Å². The molecule has 1 aromatic rings. The van der Waals surface area contributed by atoms with Gasteiger partial charge in [-0.15, -0.1) is 0 Å². The Morgan fingerprint density at radius 1 is 1.32 bits per heavy atom. The fourth-order valence-corrected chi connectivity index (χ4v) is 2.46. The van der Waals surface area contributed by atoms with E-state index < -0.39 is 18.0 Å². The summed E-state index contributed by atoms with van der Waals surface area (Å²) in [4.78, 5) is 11.0. The molecule has 2 unspecified atom stereocenters. The van der Waals surface area contributed by atoms with Gasteiger partial charge >= 0.3 is 5.97 Å². The summed E-state index contributed by atoms with van der Waals surface area (Å²) in [5.74, 6) is -1.20. The quantitative estimate of drug-likeness (QED) is 0.876. The number of aliphatic hydroxyl groups is 1. The number of rotatable bonds is 4. The van der Waals surface area contributed by atoms with E-state index in [4.69, 9.17) is 9.84 Å². The monoisotopic (exact) mass is 264 g/mol. The molecule has 19 heavy (non-hydrogen) atoms. The number of carbonyl (C=O) groups is 1. The normalized spacial score (nSPS) is 19.9. The Labute approximate surface area is 113 Å². The summed E-state index contributed by atoms with van der Waals surface area (Å²) in [6.07, 6.45) is 1.16. The Morgan fingerprint density at radius 3 is 2.58 bits per heavy atom. The molecule has 1 aliphatic rings. The second-order valence-electron chi connectivity index (χ2n) is 5.12. The van der Waals surface area contributed by atoms with Gasteiger partial charge in [-0.3, -0.25) is 4.79 Å².